The molecule has 3 aromatic heterocycles. The van der Waals surface area contributed by atoms with Crippen molar-refractivity contribution in [1.29, 1.82) is 0 Å². The van der Waals surface area contributed by atoms with Crippen LogP contribution in [0.3, 0.4) is 0 Å². The SMILES string of the molecule is CC.CC.COc1c(C)cnc(Cn2cc(C#CCN(CC(C)C)CC(C)C)c3c(C)nc(C)nc32)c1C. The molecule has 0 unspecified atom stereocenters. The first-order chi connectivity index (χ1) is 18.1. The summed E-state index contributed by atoms with van der Waals surface area (Å²) in [6, 6.07) is 0. The van der Waals surface area contributed by atoms with E-state index in [1.165, 1.54) is 0 Å². The summed E-state index contributed by atoms with van der Waals surface area (Å²) in [6.45, 7) is 28.5. The molecule has 0 aliphatic carbocycles. The van der Waals surface area contributed by atoms with Crippen molar-refractivity contribution in [3.05, 3.63) is 46.3 Å². The Balaban J connectivity index is 0.00000172. The number of nitrogens with zero attached hydrogens (tertiary/aromatic N) is 5. The minimum absolute atomic E-state index is 0.601. The maximum Gasteiger partial charge on any atom is 0.145 e. The van der Waals surface area contributed by atoms with Crippen LogP contribution < -0.4 is 4.74 Å². The van der Waals surface area contributed by atoms with Crippen LogP contribution in [0.1, 0.15) is 89.3 Å². The van der Waals surface area contributed by atoms with E-state index in [0.29, 0.717) is 18.4 Å². The lowest BCUT2D eigenvalue weighted by Crippen LogP contribution is -2.31. The van der Waals surface area contributed by atoms with Gasteiger partial charge in [0.25, 0.3) is 0 Å². The fourth-order valence-electron chi connectivity index (χ4n) is 4.59. The maximum absolute atomic E-state index is 5.61. The van der Waals surface area contributed by atoms with Crippen LogP contribution in [0.25, 0.3) is 11.0 Å². The van der Waals surface area contributed by atoms with Gasteiger partial charge in [-0.05, 0) is 39.5 Å². The minimum Gasteiger partial charge on any atom is -0.496 e. The van der Waals surface area contributed by atoms with Gasteiger partial charge in [-0.2, -0.15) is 0 Å². The van der Waals surface area contributed by atoms with Crippen LogP contribution in [0.15, 0.2) is 12.4 Å². The van der Waals surface area contributed by atoms with E-state index in [2.05, 4.69) is 67.1 Å². The van der Waals surface area contributed by atoms with Gasteiger partial charge in [0, 0.05) is 36.6 Å². The zero-order chi connectivity index (χ0) is 29.0. The molecule has 0 saturated heterocycles. The number of ether oxygens (including phenoxy) is 1. The summed E-state index contributed by atoms with van der Waals surface area (Å²) in [4.78, 5) is 16.5. The highest BCUT2D eigenvalue weighted by atomic mass is 16.5. The summed E-state index contributed by atoms with van der Waals surface area (Å²) in [5, 5.41) is 1.02. The number of hydrogen-bond acceptors (Lipinski definition) is 5. The van der Waals surface area contributed by atoms with Crippen molar-refractivity contribution in [1.82, 2.24) is 24.4 Å². The van der Waals surface area contributed by atoms with Crippen molar-refractivity contribution in [2.24, 2.45) is 11.8 Å². The molecule has 0 aromatic carbocycles. The number of rotatable bonds is 8. The largest absolute Gasteiger partial charge is 0.496 e. The predicted octanol–water partition coefficient (Wildman–Crippen LogP) is 7.13. The molecule has 0 aliphatic heterocycles. The second-order valence-corrected chi connectivity index (χ2v) is 10.1. The van der Waals surface area contributed by atoms with Crippen molar-refractivity contribution in [2.75, 3.05) is 26.7 Å². The predicted molar refractivity (Wildman–Crippen MR) is 162 cm³/mol. The molecule has 3 heterocycles. The maximum atomic E-state index is 5.61. The van der Waals surface area contributed by atoms with Crippen LogP contribution in [0, 0.1) is 51.4 Å². The Morgan fingerprint density at radius 1 is 0.947 bits per heavy atom. The molecule has 0 aliphatic rings. The van der Waals surface area contributed by atoms with Gasteiger partial charge in [0.15, 0.2) is 0 Å². The first-order valence-electron chi connectivity index (χ1n) is 14.1. The zero-order valence-corrected chi connectivity index (χ0v) is 26.3. The van der Waals surface area contributed by atoms with Gasteiger partial charge in [0.05, 0.1) is 42.5 Å². The molecule has 6 nitrogen and oxygen atoms in total. The van der Waals surface area contributed by atoms with Gasteiger partial charge in [-0.1, -0.05) is 67.2 Å². The second-order valence-electron chi connectivity index (χ2n) is 10.1. The average Bonchev–Trinajstić information content (AvgIpc) is 3.20. The molecule has 0 atom stereocenters. The molecule has 0 bridgehead atoms. The van der Waals surface area contributed by atoms with E-state index in [9.17, 15) is 0 Å². The molecule has 38 heavy (non-hydrogen) atoms. The first kappa shape index (κ1) is 33.1. The highest BCUT2D eigenvalue weighted by Crippen LogP contribution is 2.27. The second kappa shape index (κ2) is 16.1. The Kier molecular flexibility index (Phi) is 14.1. The smallest absolute Gasteiger partial charge is 0.145 e. The van der Waals surface area contributed by atoms with E-state index in [0.717, 1.165) is 70.3 Å². The van der Waals surface area contributed by atoms with Crippen LogP contribution in [-0.4, -0.2) is 51.2 Å². The summed E-state index contributed by atoms with van der Waals surface area (Å²) in [5.74, 6) is 9.75. The number of methoxy groups -OCH3 is 1. The van der Waals surface area contributed by atoms with E-state index in [-0.39, 0.29) is 0 Å². The van der Waals surface area contributed by atoms with Gasteiger partial charge in [0.2, 0.25) is 0 Å². The molecule has 3 aromatic rings. The van der Waals surface area contributed by atoms with Crippen molar-refractivity contribution < 1.29 is 4.74 Å². The van der Waals surface area contributed by atoms with Gasteiger partial charge in [0.1, 0.15) is 17.2 Å². The molecule has 0 radical (unpaired) electrons. The number of pyridine rings is 1. The highest BCUT2D eigenvalue weighted by molar-refractivity contribution is 5.86. The third-order valence-electron chi connectivity index (χ3n) is 5.85. The summed E-state index contributed by atoms with van der Waals surface area (Å²) in [5.41, 5.74) is 5.88. The fourth-order valence-corrected chi connectivity index (χ4v) is 4.59. The number of fused-ring (bicyclic) bond motifs is 1. The van der Waals surface area contributed by atoms with E-state index < -0.39 is 0 Å². The first-order valence-corrected chi connectivity index (χ1v) is 14.1. The van der Waals surface area contributed by atoms with Crippen molar-refractivity contribution >= 4 is 11.0 Å². The molecule has 0 spiro atoms. The number of hydrogen-bond donors (Lipinski definition) is 0. The van der Waals surface area contributed by atoms with Crippen LogP contribution in [-0.2, 0) is 6.54 Å². The molecule has 0 saturated carbocycles. The van der Waals surface area contributed by atoms with Crippen molar-refractivity contribution in [3.8, 4) is 17.6 Å². The Morgan fingerprint density at radius 3 is 2.11 bits per heavy atom. The molecule has 6 heteroatoms. The fraction of sp³-hybridized carbons (Fsp3) is 0.594. The minimum atomic E-state index is 0.601. The molecular weight excluding hydrogens is 470 g/mol. The van der Waals surface area contributed by atoms with E-state index in [4.69, 9.17) is 14.7 Å². The van der Waals surface area contributed by atoms with Crippen molar-refractivity contribution in [2.45, 2.75) is 89.6 Å². The molecular formula is C32H51N5O. The lowest BCUT2D eigenvalue weighted by atomic mass is 10.1. The van der Waals surface area contributed by atoms with Gasteiger partial charge >= 0.3 is 0 Å². The van der Waals surface area contributed by atoms with Gasteiger partial charge in [-0.25, -0.2) is 9.97 Å². The average molecular weight is 522 g/mol. The van der Waals surface area contributed by atoms with Gasteiger partial charge in [-0.15, -0.1) is 0 Å². The number of aryl methyl sites for hydroxylation is 3. The topological polar surface area (TPSA) is 56.1 Å². The summed E-state index contributed by atoms with van der Waals surface area (Å²) < 4.78 is 7.76. The normalized spacial score (nSPS) is 10.6. The molecule has 0 amide bonds. The van der Waals surface area contributed by atoms with Crippen LogP contribution in [0.4, 0.5) is 0 Å². The molecule has 0 fully saturated rings. The highest BCUT2D eigenvalue weighted by Gasteiger charge is 2.16. The summed E-state index contributed by atoms with van der Waals surface area (Å²) in [7, 11) is 1.71. The van der Waals surface area contributed by atoms with E-state index in [1.54, 1.807) is 7.11 Å². The summed E-state index contributed by atoms with van der Waals surface area (Å²) >= 11 is 0. The summed E-state index contributed by atoms with van der Waals surface area (Å²) in [6.07, 6.45) is 3.97. The Bertz CT molecular complexity index is 1200. The monoisotopic (exact) mass is 521 g/mol. The van der Waals surface area contributed by atoms with Crippen LogP contribution in [0.5, 0.6) is 5.75 Å². The molecule has 210 valence electrons. The standard InChI is InChI=1S/C28H39N5O.2C2H6/c1-18(2)14-32(15-19(3)4)12-10-11-24-16-33(28-26(24)22(7)30-23(8)31-28)17-25-21(6)27(34-9)20(5)13-29-25;2*1-2/h13,16,18-19H,12,14-15,17H2,1-9H3;2*1-2H3. The van der Waals surface area contributed by atoms with Crippen LogP contribution >= 0.6 is 0 Å². The lowest BCUT2D eigenvalue weighted by Gasteiger charge is -2.23. The third kappa shape index (κ3) is 8.84. The third-order valence-corrected chi connectivity index (χ3v) is 5.85. The van der Waals surface area contributed by atoms with Gasteiger partial charge in [-0.3, -0.25) is 9.88 Å². The molecule has 0 N–H and O–H groups in total. The van der Waals surface area contributed by atoms with Crippen molar-refractivity contribution in [3.63, 3.8) is 0 Å². The Morgan fingerprint density at radius 2 is 1.55 bits per heavy atom. The molecule has 3 rings (SSSR count). The quantitative estimate of drug-likeness (QED) is 0.295. The van der Waals surface area contributed by atoms with Crippen LogP contribution in [0.2, 0.25) is 0 Å². The lowest BCUT2D eigenvalue weighted by molar-refractivity contribution is 0.244. The Hall–Kier alpha value is -2.91. The zero-order valence-electron chi connectivity index (χ0n) is 26.3. The Labute approximate surface area is 232 Å². The van der Waals surface area contributed by atoms with E-state index >= 15 is 0 Å². The van der Waals surface area contributed by atoms with Gasteiger partial charge < -0.3 is 9.30 Å². The van der Waals surface area contributed by atoms with E-state index in [1.807, 2.05) is 54.7 Å². The number of aromatic nitrogens is 4.